The molecule has 0 bridgehead atoms. The highest BCUT2D eigenvalue weighted by Crippen LogP contribution is 2.21. The molecule has 0 aromatic heterocycles. The molecule has 0 radical (unpaired) electrons. The second-order valence-corrected chi connectivity index (χ2v) is 5.14. The summed E-state index contributed by atoms with van der Waals surface area (Å²) < 4.78 is 0. The van der Waals surface area contributed by atoms with Crippen molar-refractivity contribution < 1.29 is 5.11 Å². The van der Waals surface area contributed by atoms with Crippen LogP contribution in [0.4, 0.5) is 0 Å². The van der Waals surface area contributed by atoms with Gasteiger partial charge in [0.05, 0.1) is 12.1 Å². The zero-order chi connectivity index (χ0) is 13.8. The second-order valence-electron chi connectivity index (χ2n) is 5.14. The van der Waals surface area contributed by atoms with Crippen LogP contribution < -0.4 is 5.73 Å². The van der Waals surface area contributed by atoms with Crippen molar-refractivity contribution in [1.82, 2.24) is 0 Å². The molecule has 2 rings (SSSR count). The van der Waals surface area contributed by atoms with Gasteiger partial charge < -0.3 is 10.8 Å². The summed E-state index contributed by atoms with van der Waals surface area (Å²) in [7, 11) is 0. The summed E-state index contributed by atoms with van der Waals surface area (Å²) in [6, 6.07) is 15.8. The van der Waals surface area contributed by atoms with Gasteiger partial charge in [0.2, 0.25) is 0 Å². The summed E-state index contributed by atoms with van der Waals surface area (Å²) in [4.78, 5) is 0. The van der Waals surface area contributed by atoms with E-state index in [9.17, 15) is 5.11 Å². The predicted octanol–water partition coefficient (Wildman–Crippen LogP) is 2.91. The topological polar surface area (TPSA) is 46.2 Å². The number of rotatable bonds is 4. The molecule has 0 saturated carbocycles. The lowest BCUT2D eigenvalue weighted by molar-refractivity contribution is 0.145. The molecule has 0 saturated heterocycles. The molecular weight excluding hydrogens is 234 g/mol. The molecule has 3 N–H and O–H groups in total. The molecule has 19 heavy (non-hydrogen) atoms. The molecular formula is C17H21NO. The number of nitrogens with two attached hydrogens (primary N) is 1. The monoisotopic (exact) mass is 255 g/mol. The number of hydrogen-bond donors (Lipinski definition) is 2. The van der Waals surface area contributed by atoms with E-state index < -0.39 is 6.10 Å². The molecule has 0 aliphatic carbocycles. The summed E-state index contributed by atoms with van der Waals surface area (Å²) in [6.45, 7) is 4.10. The Bertz CT molecular complexity index is 536. The van der Waals surface area contributed by atoms with Gasteiger partial charge in [-0.15, -0.1) is 0 Å². The zero-order valence-electron chi connectivity index (χ0n) is 11.5. The molecule has 0 amide bonds. The Morgan fingerprint density at radius 3 is 2.37 bits per heavy atom. The lowest BCUT2D eigenvalue weighted by Crippen LogP contribution is -2.28. The van der Waals surface area contributed by atoms with Gasteiger partial charge in [0.1, 0.15) is 0 Å². The molecule has 2 atom stereocenters. The van der Waals surface area contributed by atoms with Gasteiger partial charge in [0, 0.05) is 6.42 Å². The van der Waals surface area contributed by atoms with Gasteiger partial charge in [-0.05, 0) is 30.5 Å². The maximum atomic E-state index is 10.3. The first-order valence-corrected chi connectivity index (χ1v) is 6.62. The van der Waals surface area contributed by atoms with Crippen molar-refractivity contribution in [1.29, 1.82) is 0 Å². The predicted molar refractivity (Wildman–Crippen MR) is 79.0 cm³/mol. The molecule has 2 aromatic carbocycles. The smallest absolute Gasteiger partial charge is 0.0773 e. The van der Waals surface area contributed by atoms with E-state index in [1.807, 2.05) is 49.4 Å². The fraction of sp³-hybridized carbons (Fsp3) is 0.294. The average molecular weight is 255 g/mol. The number of aryl methyl sites for hydroxylation is 2. The van der Waals surface area contributed by atoms with Gasteiger partial charge >= 0.3 is 0 Å². The van der Waals surface area contributed by atoms with E-state index in [1.165, 1.54) is 5.56 Å². The summed E-state index contributed by atoms with van der Waals surface area (Å²) in [5, 5.41) is 10.3. The highest BCUT2D eigenvalue weighted by atomic mass is 16.3. The number of aliphatic hydroxyl groups excluding tert-OH is 1. The minimum Gasteiger partial charge on any atom is -0.391 e. The van der Waals surface area contributed by atoms with E-state index in [0.717, 1.165) is 16.7 Å². The summed E-state index contributed by atoms with van der Waals surface area (Å²) in [5.41, 5.74) is 10.7. The second kappa shape index (κ2) is 6.00. The minimum absolute atomic E-state index is 0.346. The van der Waals surface area contributed by atoms with Gasteiger partial charge in [-0.25, -0.2) is 0 Å². The Balaban J connectivity index is 2.12. The Hall–Kier alpha value is -1.64. The Labute approximate surface area is 114 Å². The zero-order valence-corrected chi connectivity index (χ0v) is 11.5. The third kappa shape index (κ3) is 3.43. The van der Waals surface area contributed by atoms with E-state index in [-0.39, 0.29) is 6.04 Å². The molecule has 0 fully saturated rings. The third-order valence-corrected chi connectivity index (χ3v) is 3.49. The van der Waals surface area contributed by atoms with Crippen LogP contribution in [0.2, 0.25) is 0 Å². The lowest BCUT2D eigenvalue weighted by Gasteiger charge is -2.21. The van der Waals surface area contributed by atoms with Crippen molar-refractivity contribution in [2.24, 2.45) is 5.73 Å². The highest BCUT2D eigenvalue weighted by molar-refractivity contribution is 5.33. The van der Waals surface area contributed by atoms with Gasteiger partial charge in [0.25, 0.3) is 0 Å². The number of aliphatic hydroxyl groups is 1. The molecule has 2 nitrogen and oxygen atoms in total. The van der Waals surface area contributed by atoms with Crippen LogP contribution in [-0.2, 0) is 6.42 Å². The Morgan fingerprint density at radius 2 is 1.74 bits per heavy atom. The molecule has 0 aliphatic heterocycles. The van der Waals surface area contributed by atoms with Crippen LogP contribution in [0, 0.1) is 13.8 Å². The molecule has 0 unspecified atom stereocenters. The van der Waals surface area contributed by atoms with Crippen LogP contribution in [0.25, 0.3) is 0 Å². The molecule has 0 heterocycles. The summed E-state index contributed by atoms with van der Waals surface area (Å²) in [5.74, 6) is 0. The summed E-state index contributed by atoms with van der Waals surface area (Å²) >= 11 is 0. The van der Waals surface area contributed by atoms with E-state index in [1.54, 1.807) is 0 Å². The highest BCUT2D eigenvalue weighted by Gasteiger charge is 2.18. The fourth-order valence-corrected chi connectivity index (χ4v) is 2.39. The molecule has 2 aromatic rings. The Morgan fingerprint density at radius 1 is 1.05 bits per heavy atom. The van der Waals surface area contributed by atoms with Crippen molar-refractivity contribution in [3.05, 3.63) is 70.8 Å². The van der Waals surface area contributed by atoms with E-state index in [0.29, 0.717) is 6.42 Å². The molecule has 0 aliphatic rings. The van der Waals surface area contributed by atoms with Crippen LogP contribution in [0.5, 0.6) is 0 Å². The van der Waals surface area contributed by atoms with Crippen molar-refractivity contribution in [2.45, 2.75) is 32.4 Å². The minimum atomic E-state index is -0.566. The fourth-order valence-electron chi connectivity index (χ4n) is 2.39. The quantitative estimate of drug-likeness (QED) is 0.882. The van der Waals surface area contributed by atoms with E-state index in [2.05, 4.69) is 13.0 Å². The normalized spacial score (nSPS) is 14.1. The van der Waals surface area contributed by atoms with Crippen molar-refractivity contribution in [3.63, 3.8) is 0 Å². The van der Waals surface area contributed by atoms with Crippen LogP contribution in [0.1, 0.15) is 28.3 Å². The Kier molecular flexibility index (Phi) is 4.35. The van der Waals surface area contributed by atoms with E-state index in [4.69, 9.17) is 5.73 Å². The maximum absolute atomic E-state index is 10.3. The summed E-state index contributed by atoms with van der Waals surface area (Å²) in [6.07, 6.45) is 0.0128. The van der Waals surface area contributed by atoms with Gasteiger partial charge in [0.15, 0.2) is 0 Å². The first-order chi connectivity index (χ1) is 9.08. The molecule has 100 valence electrons. The van der Waals surface area contributed by atoms with Crippen molar-refractivity contribution in [2.75, 3.05) is 0 Å². The van der Waals surface area contributed by atoms with Gasteiger partial charge in [-0.1, -0.05) is 54.1 Å². The molecule has 0 spiro atoms. The van der Waals surface area contributed by atoms with Crippen LogP contribution in [0.15, 0.2) is 48.5 Å². The standard InChI is InChI=1S/C17H21NO/c1-12-8-9-15(13(2)10-12)17(18)16(19)11-14-6-4-3-5-7-14/h3-10,16-17,19H,11,18H2,1-2H3/t16-,17+/m0/s1. The largest absolute Gasteiger partial charge is 0.391 e. The lowest BCUT2D eigenvalue weighted by atomic mass is 9.93. The molecule has 2 heteroatoms. The maximum Gasteiger partial charge on any atom is 0.0773 e. The third-order valence-electron chi connectivity index (χ3n) is 3.49. The van der Waals surface area contributed by atoms with Gasteiger partial charge in [-0.2, -0.15) is 0 Å². The first kappa shape index (κ1) is 13.8. The number of benzene rings is 2. The van der Waals surface area contributed by atoms with Crippen LogP contribution in [-0.4, -0.2) is 11.2 Å². The van der Waals surface area contributed by atoms with Crippen molar-refractivity contribution >= 4 is 0 Å². The number of hydrogen-bond acceptors (Lipinski definition) is 2. The first-order valence-electron chi connectivity index (χ1n) is 6.62. The van der Waals surface area contributed by atoms with Crippen molar-refractivity contribution in [3.8, 4) is 0 Å². The average Bonchev–Trinajstić information content (AvgIpc) is 2.39. The van der Waals surface area contributed by atoms with Crippen LogP contribution in [0.3, 0.4) is 0 Å². The van der Waals surface area contributed by atoms with Gasteiger partial charge in [-0.3, -0.25) is 0 Å². The van der Waals surface area contributed by atoms with E-state index >= 15 is 0 Å². The SMILES string of the molecule is Cc1ccc([C@@H](N)[C@@H](O)Cc2ccccc2)c(C)c1. The van der Waals surface area contributed by atoms with Crippen LogP contribution >= 0.6 is 0 Å².